The second kappa shape index (κ2) is 9.44. The second-order valence-electron chi connectivity index (χ2n) is 8.12. The Kier molecular flexibility index (Phi) is 6.03. The number of rotatable bonds is 6. The van der Waals surface area contributed by atoms with E-state index in [1.165, 1.54) is 5.56 Å². The van der Waals surface area contributed by atoms with Gasteiger partial charge in [-0.15, -0.1) is 0 Å². The largest absolute Gasteiger partial charge is 0.397 e. The van der Waals surface area contributed by atoms with E-state index >= 15 is 0 Å². The predicted octanol–water partition coefficient (Wildman–Crippen LogP) is 5.41. The number of hydrogen-bond acceptors (Lipinski definition) is 6. The first-order valence-electron chi connectivity index (χ1n) is 10.9. The lowest BCUT2D eigenvalue weighted by Gasteiger charge is -2.09. The van der Waals surface area contributed by atoms with E-state index < -0.39 is 0 Å². The molecule has 0 unspecified atom stereocenters. The summed E-state index contributed by atoms with van der Waals surface area (Å²) >= 11 is 6.22. The SMILES string of the molecule is Cc1ccc(Nc2nc(Cl)nc3c2ncn3Cc2ccc(C(=O)Nc3ccccc3N)cc2)cc1. The highest BCUT2D eigenvalue weighted by Gasteiger charge is 2.14. The number of benzene rings is 3. The summed E-state index contributed by atoms with van der Waals surface area (Å²) < 4.78 is 1.89. The number of aromatic nitrogens is 4. The summed E-state index contributed by atoms with van der Waals surface area (Å²) in [6.45, 7) is 2.53. The van der Waals surface area contributed by atoms with Crippen LogP contribution in [0.2, 0.25) is 5.28 Å². The number of imidazole rings is 1. The standard InChI is InChI=1S/C26H22ClN7O/c1-16-6-12-19(13-7-16)30-23-22-24(33-26(27)32-23)34(15-29-22)14-17-8-10-18(11-9-17)25(35)31-21-5-3-2-4-20(21)28/h2-13,15H,14,28H2,1H3,(H,31,35)(H,30,32,33). The highest BCUT2D eigenvalue weighted by atomic mass is 35.5. The number of nitrogens with two attached hydrogens (primary N) is 1. The van der Waals surface area contributed by atoms with Crippen LogP contribution >= 0.6 is 11.6 Å². The molecule has 5 aromatic rings. The minimum absolute atomic E-state index is 0.126. The van der Waals surface area contributed by atoms with Crippen LogP contribution in [0.4, 0.5) is 22.9 Å². The van der Waals surface area contributed by atoms with Gasteiger partial charge in [-0.1, -0.05) is 42.0 Å². The van der Waals surface area contributed by atoms with E-state index in [1.54, 1.807) is 30.6 Å². The quantitative estimate of drug-likeness (QED) is 0.220. The molecule has 3 aromatic carbocycles. The van der Waals surface area contributed by atoms with Gasteiger partial charge in [0.1, 0.15) is 0 Å². The van der Waals surface area contributed by atoms with Gasteiger partial charge >= 0.3 is 0 Å². The Bertz CT molecular complexity index is 1510. The lowest BCUT2D eigenvalue weighted by Crippen LogP contribution is -2.13. The van der Waals surface area contributed by atoms with Gasteiger partial charge in [0.05, 0.1) is 24.2 Å². The molecule has 0 spiro atoms. The Morgan fingerprint density at radius 3 is 2.49 bits per heavy atom. The van der Waals surface area contributed by atoms with Crippen LogP contribution in [0.3, 0.4) is 0 Å². The van der Waals surface area contributed by atoms with Crippen molar-refractivity contribution in [3.8, 4) is 0 Å². The second-order valence-corrected chi connectivity index (χ2v) is 8.45. The van der Waals surface area contributed by atoms with Crippen molar-refractivity contribution in [2.45, 2.75) is 13.5 Å². The molecule has 4 N–H and O–H groups in total. The number of nitrogen functional groups attached to an aromatic ring is 1. The monoisotopic (exact) mass is 483 g/mol. The number of nitrogens with one attached hydrogen (secondary N) is 2. The van der Waals surface area contributed by atoms with Gasteiger partial charge in [0.2, 0.25) is 5.28 Å². The molecule has 174 valence electrons. The molecule has 0 atom stereocenters. The van der Waals surface area contributed by atoms with Crippen molar-refractivity contribution in [1.29, 1.82) is 0 Å². The number of fused-ring (bicyclic) bond motifs is 1. The van der Waals surface area contributed by atoms with Gasteiger partial charge in [0.25, 0.3) is 5.91 Å². The Hall–Kier alpha value is -4.43. The van der Waals surface area contributed by atoms with Crippen LogP contribution in [0.15, 0.2) is 79.1 Å². The molecule has 0 saturated heterocycles. The molecule has 2 heterocycles. The average molecular weight is 484 g/mol. The molecule has 1 amide bonds. The van der Waals surface area contributed by atoms with Gasteiger partial charge in [-0.05, 0) is 60.5 Å². The molecule has 35 heavy (non-hydrogen) atoms. The summed E-state index contributed by atoms with van der Waals surface area (Å²) in [5.74, 6) is 0.309. The number of para-hydroxylation sites is 2. The van der Waals surface area contributed by atoms with Crippen LogP contribution in [0, 0.1) is 6.92 Å². The van der Waals surface area contributed by atoms with E-state index in [2.05, 4.69) is 25.6 Å². The summed E-state index contributed by atoms with van der Waals surface area (Å²) in [4.78, 5) is 25.8. The van der Waals surface area contributed by atoms with Gasteiger partial charge < -0.3 is 20.9 Å². The van der Waals surface area contributed by atoms with Crippen LogP contribution in [0.25, 0.3) is 11.2 Å². The fourth-order valence-corrected chi connectivity index (χ4v) is 3.82. The maximum absolute atomic E-state index is 12.6. The number of aryl methyl sites for hydroxylation is 1. The molecule has 0 aliphatic heterocycles. The van der Waals surface area contributed by atoms with E-state index in [0.29, 0.717) is 40.5 Å². The molecule has 2 aromatic heterocycles. The van der Waals surface area contributed by atoms with E-state index in [1.807, 2.05) is 60.0 Å². The van der Waals surface area contributed by atoms with Crippen LogP contribution in [-0.2, 0) is 6.54 Å². The molecular formula is C26H22ClN7O. The predicted molar refractivity (Wildman–Crippen MR) is 139 cm³/mol. The van der Waals surface area contributed by atoms with Crippen LogP contribution in [0.1, 0.15) is 21.5 Å². The summed E-state index contributed by atoms with van der Waals surface area (Å²) in [5, 5.41) is 6.23. The van der Waals surface area contributed by atoms with Crippen molar-refractivity contribution in [1.82, 2.24) is 19.5 Å². The number of carbonyl (C=O) groups is 1. The zero-order valence-corrected chi connectivity index (χ0v) is 19.6. The van der Waals surface area contributed by atoms with Crippen molar-refractivity contribution in [3.05, 3.63) is 101 Å². The molecule has 0 aliphatic carbocycles. The molecule has 0 saturated carbocycles. The number of nitrogens with zero attached hydrogens (tertiary/aromatic N) is 4. The lowest BCUT2D eigenvalue weighted by atomic mass is 10.1. The zero-order valence-electron chi connectivity index (χ0n) is 18.9. The smallest absolute Gasteiger partial charge is 0.255 e. The summed E-state index contributed by atoms with van der Waals surface area (Å²) in [7, 11) is 0. The van der Waals surface area contributed by atoms with E-state index in [9.17, 15) is 4.79 Å². The first kappa shape index (κ1) is 22.4. The Morgan fingerprint density at radius 2 is 1.74 bits per heavy atom. The van der Waals surface area contributed by atoms with Gasteiger partial charge in [-0.25, -0.2) is 4.98 Å². The van der Waals surface area contributed by atoms with Crippen LogP contribution in [-0.4, -0.2) is 25.4 Å². The molecule has 0 aliphatic rings. The maximum atomic E-state index is 12.6. The summed E-state index contributed by atoms with van der Waals surface area (Å²) in [5.41, 5.74) is 11.8. The van der Waals surface area contributed by atoms with E-state index in [0.717, 1.165) is 11.3 Å². The molecule has 0 radical (unpaired) electrons. The molecule has 8 nitrogen and oxygen atoms in total. The van der Waals surface area contributed by atoms with Gasteiger partial charge in [-0.2, -0.15) is 9.97 Å². The first-order chi connectivity index (χ1) is 17.0. The fourth-order valence-electron chi connectivity index (χ4n) is 3.66. The van der Waals surface area contributed by atoms with Gasteiger partial charge in [0, 0.05) is 11.3 Å². The Labute approximate surface area is 206 Å². The highest BCUT2D eigenvalue weighted by molar-refractivity contribution is 6.28. The highest BCUT2D eigenvalue weighted by Crippen LogP contribution is 2.25. The van der Waals surface area contributed by atoms with Crippen molar-refractivity contribution < 1.29 is 4.79 Å². The molecule has 0 fully saturated rings. The molecule has 5 rings (SSSR count). The number of hydrogen-bond donors (Lipinski definition) is 3. The third kappa shape index (κ3) is 4.92. The maximum Gasteiger partial charge on any atom is 0.255 e. The topological polar surface area (TPSA) is 111 Å². The third-order valence-corrected chi connectivity index (χ3v) is 5.70. The minimum Gasteiger partial charge on any atom is -0.397 e. The number of carbonyl (C=O) groups excluding carboxylic acids is 1. The molecule has 9 heteroatoms. The van der Waals surface area contributed by atoms with Crippen molar-refractivity contribution >= 4 is 51.6 Å². The average Bonchev–Trinajstić information content (AvgIpc) is 3.25. The normalized spacial score (nSPS) is 10.9. The molecule has 0 bridgehead atoms. The lowest BCUT2D eigenvalue weighted by molar-refractivity contribution is 0.102. The summed E-state index contributed by atoms with van der Waals surface area (Å²) in [6, 6.07) is 22.4. The fraction of sp³-hybridized carbons (Fsp3) is 0.0769. The Balaban J connectivity index is 1.35. The number of amides is 1. The minimum atomic E-state index is -0.228. The first-order valence-corrected chi connectivity index (χ1v) is 11.3. The van der Waals surface area contributed by atoms with Crippen molar-refractivity contribution in [2.24, 2.45) is 0 Å². The van der Waals surface area contributed by atoms with Crippen LogP contribution < -0.4 is 16.4 Å². The van der Waals surface area contributed by atoms with Crippen molar-refractivity contribution in [3.63, 3.8) is 0 Å². The number of halogens is 1. The van der Waals surface area contributed by atoms with E-state index in [-0.39, 0.29) is 11.2 Å². The van der Waals surface area contributed by atoms with Crippen molar-refractivity contribution in [2.75, 3.05) is 16.4 Å². The Morgan fingerprint density at radius 1 is 1.00 bits per heavy atom. The van der Waals surface area contributed by atoms with Gasteiger partial charge in [0.15, 0.2) is 17.0 Å². The third-order valence-electron chi connectivity index (χ3n) is 5.53. The zero-order chi connectivity index (χ0) is 24.4. The molecular weight excluding hydrogens is 462 g/mol. The number of anilines is 4. The summed E-state index contributed by atoms with van der Waals surface area (Å²) in [6.07, 6.45) is 1.70. The van der Waals surface area contributed by atoms with Gasteiger partial charge in [-0.3, -0.25) is 4.79 Å². The van der Waals surface area contributed by atoms with Crippen LogP contribution in [0.5, 0.6) is 0 Å². The van der Waals surface area contributed by atoms with E-state index in [4.69, 9.17) is 17.3 Å².